The summed E-state index contributed by atoms with van der Waals surface area (Å²) in [6.45, 7) is 23.9. The first kappa shape index (κ1) is 94.1. The lowest BCUT2D eigenvalue weighted by Crippen LogP contribution is -2.61. The SMILES string of the molecule is CC(C)C[C@H](NC(=O)CNC(=O)[C@H](CC(C)C)NC(=O)[C@H](CO)NC(=O)[C@H](Cc1cnc[nH]1)NC(=O)[C@H](CC(C)C)NC(=O)[C@@H](NC(=O)[C@H](CC(N)=O)NC(=O)CNC(=O)[C@@H](NC(=O)[C@@H](NC(=O)[C@H](CC(=O)O)NC(=O)[C@H](CC(C)C)NC(=O)[C@H](CC(C)C)NC(=O)CN)C(C)C)C(C)C)C(C)C)C(N)=O. The molecule has 0 aliphatic carbocycles. The highest BCUT2D eigenvalue weighted by Crippen LogP contribution is 2.15. The van der Waals surface area contributed by atoms with Crippen LogP contribution in [0.3, 0.4) is 0 Å². The molecule has 0 saturated carbocycles. The summed E-state index contributed by atoms with van der Waals surface area (Å²) in [5.74, 6) is -19.5. The topological polar surface area (TPSA) is 606 Å². The molecule has 1 aromatic heterocycles. The third-order valence-electron chi connectivity index (χ3n) is 16.0. The zero-order valence-electron chi connectivity index (χ0n) is 63.7. The summed E-state index contributed by atoms with van der Waals surface area (Å²) >= 11 is 0. The minimum atomic E-state index is -1.81. The molecule has 0 bridgehead atoms. The molecule has 0 radical (unpaired) electrons. The Labute approximate surface area is 618 Å². The molecule has 0 aliphatic heterocycles. The molecule has 16 amide bonds. The number of hydrogen-bond acceptors (Lipinski definition) is 20. The van der Waals surface area contributed by atoms with E-state index in [0.717, 1.165) is 0 Å². The number of aliphatic hydroxyl groups excluding tert-OH is 1. The molecule has 1 aromatic rings. The maximum Gasteiger partial charge on any atom is 0.305 e. The van der Waals surface area contributed by atoms with E-state index in [2.05, 4.69) is 84.4 Å². The third kappa shape index (κ3) is 35.7. The van der Waals surface area contributed by atoms with Gasteiger partial charge in [0.2, 0.25) is 94.5 Å². The molecule has 0 saturated heterocycles. The van der Waals surface area contributed by atoms with E-state index in [4.69, 9.17) is 17.2 Å². The van der Waals surface area contributed by atoms with E-state index in [0.29, 0.717) is 5.69 Å². The molecule has 0 aromatic carbocycles. The van der Waals surface area contributed by atoms with Gasteiger partial charge in [0.1, 0.15) is 72.5 Å². The van der Waals surface area contributed by atoms with E-state index < -0.39 is 230 Å². The number of amides is 16. The summed E-state index contributed by atoms with van der Waals surface area (Å²) in [6.07, 6.45) is 0.924. The fourth-order valence-corrected chi connectivity index (χ4v) is 10.6. The van der Waals surface area contributed by atoms with E-state index in [-0.39, 0.29) is 68.1 Å². The van der Waals surface area contributed by atoms with Crippen LogP contribution in [-0.4, -0.2) is 219 Å². The molecule has 0 unspecified atom stereocenters. The van der Waals surface area contributed by atoms with Gasteiger partial charge in [-0.2, -0.15) is 0 Å². The van der Waals surface area contributed by atoms with Gasteiger partial charge in [0.15, 0.2) is 0 Å². The number of carbonyl (C=O) groups excluding carboxylic acids is 16. The number of carbonyl (C=O) groups is 17. The van der Waals surface area contributed by atoms with Crippen molar-refractivity contribution in [3.63, 3.8) is 0 Å². The van der Waals surface area contributed by atoms with Crippen LogP contribution in [0.25, 0.3) is 0 Å². The first-order valence-corrected chi connectivity index (χ1v) is 35.5. The van der Waals surface area contributed by atoms with Gasteiger partial charge in [-0.25, -0.2) is 4.98 Å². The fraction of sp³-hybridized carbons (Fsp3) is 0.706. The van der Waals surface area contributed by atoms with Crippen molar-refractivity contribution in [1.82, 2.24) is 84.4 Å². The van der Waals surface area contributed by atoms with Crippen molar-refractivity contribution in [3.8, 4) is 0 Å². The zero-order chi connectivity index (χ0) is 81.2. The number of aliphatic carboxylic acids is 1. The fourth-order valence-electron chi connectivity index (χ4n) is 10.6. The highest BCUT2D eigenvalue weighted by molar-refractivity contribution is 6.01. The third-order valence-corrected chi connectivity index (χ3v) is 16.0. The molecule has 38 heteroatoms. The van der Waals surface area contributed by atoms with Crippen LogP contribution in [0.5, 0.6) is 0 Å². The van der Waals surface area contributed by atoms with Gasteiger partial charge >= 0.3 is 5.97 Å². The maximum absolute atomic E-state index is 14.4. The molecule has 1 rings (SSSR count). The minimum absolute atomic E-state index is 0.00748. The lowest BCUT2D eigenvalue weighted by Gasteiger charge is -2.29. The number of imidazole rings is 1. The number of nitrogens with zero attached hydrogens (tertiary/aromatic N) is 1. The number of carboxylic acid groups (broad SMARTS) is 1. The van der Waals surface area contributed by atoms with E-state index in [1.54, 1.807) is 55.4 Å². The normalized spacial score (nSPS) is 14.8. The smallest absolute Gasteiger partial charge is 0.305 e. The molecular formula is C68H117N19O19. The van der Waals surface area contributed by atoms with E-state index in [9.17, 15) is 91.7 Å². The molecule has 0 fully saturated rings. The Balaban J connectivity index is 3.37. The number of hydrogen-bond donors (Lipinski definition) is 20. The predicted octanol–water partition coefficient (Wildman–Crippen LogP) is -5.01. The van der Waals surface area contributed by atoms with Crippen LogP contribution < -0.4 is 91.6 Å². The highest BCUT2D eigenvalue weighted by Gasteiger charge is 2.39. The molecule has 598 valence electrons. The second-order valence-electron chi connectivity index (χ2n) is 29.3. The summed E-state index contributed by atoms with van der Waals surface area (Å²) in [7, 11) is 0. The van der Waals surface area contributed by atoms with Crippen LogP contribution in [0, 0.1) is 47.3 Å². The van der Waals surface area contributed by atoms with Gasteiger partial charge in [0.25, 0.3) is 0 Å². The van der Waals surface area contributed by atoms with Crippen molar-refractivity contribution in [2.45, 2.75) is 235 Å². The Morgan fingerprint density at radius 1 is 0.377 bits per heavy atom. The Morgan fingerprint density at radius 2 is 0.689 bits per heavy atom. The summed E-state index contributed by atoms with van der Waals surface area (Å²) in [6, 6.07) is -17.4. The number of aliphatic hydroxyl groups is 1. The number of nitrogens with one attached hydrogen (secondary N) is 15. The van der Waals surface area contributed by atoms with Gasteiger partial charge in [-0.1, -0.05) is 111 Å². The van der Waals surface area contributed by atoms with Crippen molar-refractivity contribution < 1.29 is 91.7 Å². The first-order chi connectivity index (χ1) is 49.3. The van der Waals surface area contributed by atoms with Crippen LogP contribution >= 0.6 is 0 Å². The standard InChI is InChI=1S/C68H117N19O19/c1-31(2)17-40(57(71)95)76-51(91)27-73-58(96)41(18-32(3)4)79-65(103)48(29-88)84-62(100)45(22-39-26-72-30-75-39)81-61(99)44(21-35(9)10)83-67(105)55(37(13)14)85-63(101)46(23-49(70)89)78-52(92)28-74-66(104)54(36(11)12)87-68(106)56(38(15)16)86-64(102)47(24-53(93)94)82-60(98)43(20-34(7)8)80-59(97)42(19-33(5)6)77-50(90)25-69/h26,30-38,40-48,54-56,88H,17-25,27-29,69H2,1-16H3,(H2,70,89)(H2,71,95)(H,72,75)(H,73,96)(H,74,104)(H,76,91)(H,77,90)(H,78,92)(H,79,103)(H,80,97)(H,81,99)(H,82,98)(H,83,105)(H,84,100)(H,85,101)(H,86,102)(H,87,106)(H,93,94)/t40-,41-,42-,43-,44-,45-,46-,47-,48-,54-,55-,56-/m0/s1. The largest absolute Gasteiger partial charge is 0.481 e. The Kier molecular flexibility index (Phi) is 41.6. The summed E-state index contributed by atoms with van der Waals surface area (Å²) in [4.78, 5) is 235. The lowest BCUT2D eigenvalue weighted by atomic mass is 9.98. The number of H-pyrrole nitrogens is 1. The number of rotatable bonds is 49. The Morgan fingerprint density at radius 3 is 1.08 bits per heavy atom. The number of carboxylic acids is 1. The number of aromatic amines is 1. The Hall–Kier alpha value is -9.88. The van der Waals surface area contributed by atoms with Gasteiger partial charge in [0, 0.05) is 18.3 Å². The van der Waals surface area contributed by atoms with Gasteiger partial charge < -0.3 is 107 Å². The lowest BCUT2D eigenvalue weighted by molar-refractivity contribution is -0.142. The van der Waals surface area contributed by atoms with Crippen molar-refractivity contribution in [3.05, 3.63) is 18.2 Å². The van der Waals surface area contributed by atoms with Crippen LogP contribution in [0.15, 0.2) is 12.5 Å². The van der Waals surface area contributed by atoms with Crippen molar-refractivity contribution in [2.75, 3.05) is 26.2 Å². The number of aromatic nitrogens is 2. The van der Waals surface area contributed by atoms with Crippen LogP contribution in [0.1, 0.15) is 161 Å². The quantitative estimate of drug-likeness (QED) is 0.0290. The van der Waals surface area contributed by atoms with E-state index in [1.165, 1.54) is 54.1 Å². The molecule has 23 N–H and O–H groups in total. The molecule has 0 aliphatic rings. The van der Waals surface area contributed by atoms with Crippen LogP contribution in [0.2, 0.25) is 0 Å². The van der Waals surface area contributed by atoms with Crippen molar-refractivity contribution >= 4 is 100 Å². The zero-order valence-corrected chi connectivity index (χ0v) is 63.7. The van der Waals surface area contributed by atoms with Gasteiger partial charge in [-0.05, 0) is 79.4 Å². The van der Waals surface area contributed by atoms with Crippen LogP contribution in [0.4, 0.5) is 0 Å². The van der Waals surface area contributed by atoms with Gasteiger partial charge in [-0.15, -0.1) is 0 Å². The molecular weight excluding hydrogens is 1390 g/mol. The minimum Gasteiger partial charge on any atom is -0.481 e. The number of nitrogens with two attached hydrogens (primary N) is 3. The van der Waals surface area contributed by atoms with E-state index >= 15 is 0 Å². The van der Waals surface area contributed by atoms with Crippen molar-refractivity contribution in [1.29, 1.82) is 0 Å². The molecule has 12 atom stereocenters. The monoisotopic (exact) mass is 1500 g/mol. The first-order valence-electron chi connectivity index (χ1n) is 35.5. The summed E-state index contributed by atoms with van der Waals surface area (Å²) in [5.41, 5.74) is 16.7. The van der Waals surface area contributed by atoms with Gasteiger partial charge in [-0.3, -0.25) is 81.5 Å². The van der Waals surface area contributed by atoms with E-state index in [1.807, 2.05) is 13.8 Å². The molecule has 106 heavy (non-hydrogen) atoms. The highest BCUT2D eigenvalue weighted by atomic mass is 16.4. The summed E-state index contributed by atoms with van der Waals surface area (Å²) < 4.78 is 0. The maximum atomic E-state index is 14.4. The molecule has 0 spiro atoms. The van der Waals surface area contributed by atoms with Crippen molar-refractivity contribution in [2.24, 2.45) is 64.5 Å². The second kappa shape index (κ2) is 46.8. The molecule has 1 heterocycles. The van der Waals surface area contributed by atoms with Gasteiger partial charge in [0.05, 0.1) is 45.4 Å². The average Bonchev–Trinajstić information content (AvgIpc) is 0.927. The number of primary amides is 2. The predicted molar refractivity (Wildman–Crippen MR) is 385 cm³/mol. The molecule has 38 nitrogen and oxygen atoms in total. The Bertz CT molecular complexity index is 3160. The average molecular weight is 1500 g/mol. The second-order valence-corrected chi connectivity index (χ2v) is 29.3. The summed E-state index contributed by atoms with van der Waals surface area (Å²) in [5, 5.41) is 54.8. The van der Waals surface area contributed by atoms with Crippen LogP contribution in [-0.2, 0) is 87.9 Å².